The Balaban J connectivity index is 4.26. The molecule has 0 amide bonds. The lowest BCUT2D eigenvalue weighted by Gasteiger charge is -2.03. The van der Waals surface area contributed by atoms with Gasteiger partial charge in [-0.05, 0) is 0 Å². The summed E-state index contributed by atoms with van der Waals surface area (Å²) in [7, 11) is -7.80. The van der Waals surface area contributed by atoms with Crippen LogP contribution in [0.1, 0.15) is 0 Å². The minimum atomic E-state index is -4.04. The third kappa shape index (κ3) is 8.02. The van der Waals surface area contributed by atoms with Gasteiger partial charge in [-0.1, -0.05) is 0 Å². The lowest BCUT2D eigenvalue weighted by Crippen LogP contribution is -2.33. The Kier molecular flexibility index (Phi) is 2.34. The van der Waals surface area contributed by atoms with E-state index >= 15 is 0 Å². The van der Waals surface area contributed by atoms with E-state index in [0.717, 1.165) is 0 Å². The Morgan fingerprint density at radius 2 is 1.67 bits per heavy atom. The molecule has 0 spiro atoms. The first-order valence-electron chi connectivity index (χ1n) is 1.70. The number of hydrogen-bond donors (Lipinski definition) is 4. The Bertz CT molecular complexity index is 222. The molecule has 0 radical (unpaired) electrons. The Labute approximate surface area is 52.3 Å². The molecule has 0 aliphatic heterocycles. The van der Waals surface area contributed by atoms with E-state index in [1.807, 2.05) is 0 Å². The van der Waals surface area contributed by atoms with E-state index in [9.17, 15) is 13.0 Å². The fourth-order valence-corrected chi connectivity index (χ4v) is 1.79. The van der Waals surface area contributed by atoms with Crippen LogP contribution < -0.4 is 20.6 Å². The van der Waals surface area contributed by atoms with Crippen molar-refractivity contribution < 1.29 is 13.0 Å². The van der Waals surface area contributed by atoms with Gasteiger partial charge < -0.3 is 0 Å². The van der Waals surface area contributed by atoms with Crippen molar-refractivity contribution in [3.63, 3.8) is 0 Å². The lowest BCUT2D eigenvalue weighted by atomic mass is 13.8. The maximum atomic E-state index is 10.2. The monoisotopic (exact) mass is 174 g/mol. The van der Waals surface area contributed by atoms with Crippen LogP contribution in [0.15, 0.2) is 0 Å². The van der Waals surface area contributed by atoms with Gasteiger partial charge >= 0.3 is 0 Å². The smallest absolute Gasteiger partial charge is 0.270 e. The molecule has 7 nitrogen and oxygen atoms in total. The zero-order valence-corrected chi connectivity index (χ0v) is 6.02. The molecule has 7 N–H and O–H groups in total. The van der Waals surface area contributed by atoms with E-state index in [4.69, 9.17) is 0 Å². The van der Waals surface area contributed by atoms with Gasteiger partial charge in [-0.2, -0.15) is 8.42 Å². The molecule has 0 saturated heterocycles. The van der Waals surface area contributed by atoms with Gasteiger partial charge in [0.25, 0.3) is 17.8 Å². The van der Waals surface area contributed by atoms with Crippen LogP contribution >= 0.6 is 7.59 Å². The molecule has 0 rings (SSSR count). The second-order valence-electron chi connectivity index (χ2n) is 1.35. The molecular weight excluding hydrogens is 167 g/mol. The maximum absolute atomic E-state index is 10.2. The third-order valence-corrected chi connectivity index (χ3v) is 2.43. The van der Waals surface area contributed by atoms with E-state index < -0.39 is 17.8 Å². The van der Waals surface area contributed by atoms with Gasteiger partial charge in [-0.25, -0.2) is 5.14 Å². The van der Waals surface area contributed by atoms with Crippen LogP contribution in [0.3, 0.4) is 0 Å². The van der Waals surface area contributed by atoms with Crippen LogP contribution in [0.4, 0.5) is 0 Å². The lowest BCUT2D eigenvalue weighted by molar-refractivity contribution is 0.567. The van der Waals surface area contributed by atoms with E-state index in [1.165, 1.54) is 4.49 Å². The van der Waals surface area contributed by atoms with Gasteiger partial charge in [0.1, 0.15) is 0 Å². The fraction of sp³-hybridized carbons (Fsp3) is 0. The molecule has 0 saturated carbocycles. The van der Waals surface area contributed by atoms with Gasteiger partial charge in [0.2, 0.25) is 0 Å². The van der Waals surface area contributed by atoms with Crippen molar-refractivity contribution in [3.05, 3.63) is 0 Å². The minimum Gasteiger partial charge on any atom is -0.270 e. The van der Waals surface area contributed by atoms with E-state index in [2.05, 4.69) is 16.1 Å². The normalized spacial score (nSPS) is 13.7. The molecule has 0 aromatic rings. The van der Waals surface area contributed by atoms with Crippen molar-refractivity contribution in [2.75, 3.05) is 0 Å². The third-order valence-electron chi connectivity index (χ3n) is 0.270. The second-order valence-corrected chi connectivity index (χ2v) is 4.58. The number of nitrogens with two attached hydrogens (primary N) is 3. The summed E-state index contributed by atoms with van der Waals surface area (Å²) in [6.45, 7) is 0. The van der Waals surface area contributed by atoms with Gasteiger partial charge in [-0.3, -0.25) is 15.6 Å². The van der Waals surface area contributed by atoms with Gasteiger partial charge in [0.15, 0.2) is 0 Å². The average molecular weight is 174 g/mol. The summed E-state index contributed by atoms with van der Waals surface area (Å²) >= 11 is 0. The van der Waals surface area contributed by atoms with Crippen molar-refractivity contribution in [2.24, 2.45) is 16.1 Å². The molecule has 0 atom stereocenters. The van der Waals surface area contributed by atoms with Crippen molar-refractivity contribution in [2.45, 2.75) is 0 Å². The zero-order valence-electron chi connectivity index (χ0n) is 4.31. The van der Waals surface area contributed by atoms with Gasteiger partial charge in [0, 0.05) is 0 Å². The van der Waals surface area contributed by atoms with E-state index in [1.54, 1.807) is 0 Å². The molecule has 0 aliphatic rings. The predicted octanol–water partition coefficient (Wildman–Crippen LogP) is -2.20. The predicted molar refractivity (Wildman–Crippen MR) is 32.2 cm³/mol. The van der Waals surface area contributed by atoms with Crippen molar-refractivity contribution in [3.8, 4) is 0 Å². The van der Waals surface area contributed by atoms with Crippen LogP contribution in [-0.4, -0.2) is 8.42 Å². The van der Waals surface area contributed by atoms with E-state index in [-0.39, 0.29) is 0 Å². The highest BCUT2D eigenvalue weighted by molar-refractivity contribution is 7.93. The molecule has 0 fully saturated rings. The van der Waals surface area contributed by atoms with Gasteiger partial charge in [-0.15, -0.1) is 4.49 Å². The minimum absolute atomic E-state index is 1.32. The quantitative estimate of drug-likeness (QED) is 0.351. The summed E-state index contributed by atoms with van der Waals surface area (Å²) in [5.74, 6) is 0. The molecule has 0 aliphatic carbocycles. The Morgan fingerprint density at radius 3 is 1.67 bits per heavy atom. The highest BCUT2D eigenvalue weighted by Gasteiger charge is 2.14. The van der Waals surface area contributed by atoms with Crippen LogP contribution in [0, 0.1) is 0 Å². The van der Waals surface area contributed by atoms with Crippen molar-refractivity contribution in [1.82, 2.24) is 4.49 Å². The van der Waals surface area contributed by atoms with Crippen molar-refractivity contribution >= 4 is 17.8 Å². The standard InChI is InChI=1S/H7N4O3PS/c1-8(2,5)4-9(3,6)7/h(H2,3,6,7)(H5,1,2,4,5). The zero-order chi connectivity index (χ0) is 7.71. The SMILES string of the molecule is NP(N)(=O)NS(N)(=O)=O. The first-order chi connectivity index (χ1) is 3.71. The summed E-state index contributed by atoms with van der Waals surface area (Å²) in [6.07, 6.45) is 0. The van der Waals surface area contributed by atoms with E-state index in [0.29, 0.717) is 0 Å². The summed E-state index contributed by atoms with van der Waals surface area (Å²) in [5, 5.41) is 4.35. The first kappa shape index (κ1) is 9.02. The first-order valence-corrected chi connectivity index (χ1v) is 5.09. The average Bonchev–Trinajstić information content (AvgIpc) is 1.14. The molecule has 9 heteroatoms. The summed E-state index contributed by atoms with van der Waals surface area (Å²) in [4.78, 5) is 0. The number of nitrogens with one attached hydrogen (secondary N) is 1. The largest absolute Gasteiger partial charge is 0.288 e. The maximum Gasteiger partial charge on any atom is 0.288 e. The Morgan fingerprint density at radius 1 is 1.33 bits per heavy atom. The van der Waals surface area contributed by atoms with Gasteiger partial charge in [0.05, 0.1) is 0 Å². The van der Waals surface area contributed by atoms with Crippen LogP contribution in [0.2, 0.25) is 0 Å². The highest BCUT2D eigenvalue weighted by atomic mass is 32.2. The van der Waals surface area contributed by atoms with Crippen molar-refractivity contribution in [1.29, 1.82) is 0 Å². The molecule has 9 heavy (non-hydrogen) atoms. The molecule has 0 bridgehead atoms. The van der Waals surface area contributed by atoms with Crippen LogP contribution in [0.5, 0.6) is 0 Å². The molecular formula is H7N4O3PS. The molecule has 0 heterocycles. The van der Waals surface area contributed by atoms with Crippen LogP contribution in [-0.2, 0) is 14.8 Å². The second kappa shape index (κ2) is 2.33. The molecule has 0 aromatic carbocycles. The molecule has 56 valence electrons. The summed E-state index contributed by atoms with van der Waals surface area (Å²) in [6, 6.07) is 0. The molecule has 0 aromatic heterocycles. The fourth-order valence-electron chi connectivity index (χ4n) is 0.199. The highest BCUT2D eigenvalue weighted by Crippen LogP contribution is 2.17. The topological polar surface area (TPSA) is 141 Å². The summed E-state index contributed by atoms with van der Waals surface area (Å²) < 4.78 is 31.5. The van der Waals surface area contributed by atoms with Crippen LogP contribution in [0.25, 0.3) is 0 Å². The Hall–Kier alpha value is 0.0200. The number of hydrogen-bond acceptors (Lipinski definition) is 3. The molecule has 0 unspecified atom stereocenters. The number of rotatable bonds is 2. The summed E-state index contributed by atoms with van der Waals surface area (Å²) in [5.41, 5.74) is 9.17.